The third kappa shape index (κ3) is 3.69. The minimum Gasteiger partial charge on any atom is -0.478 e. The Kier molecular flexibility index (Phi) is 4.96. The summed E-state index contributed by atoms with van der Waals surface area (Å²) in [4.78, 5) is 11.5. The van der Waals surface area contributed by atoms with Crippen LogP contribution in [0.25, 0.3) is 0 Å². The molecule has 0 saturated carbocycles. The van der Waals surface area contributed by atoms with Gasteiger partial charge in [0, 0.05) is 14.4 Å². The van der Waals surface area contributed by atoms with Gasteiger partial charge in [-0.1, -0.05) is 33.6 Å². The van der Waals surface area contributed by atoms with Crippen molar-refractivity contribution in [3.8, 4) is 0 Å². The van der Waals surface area contributed by atoms with E-state index < -0.39 is 16.8 Å². The Hall–Kier alpha value is -1.17. The molecule has 2 rings (SSSR count). The Bertz CT molecular complexity index is 671. The Morgan fingerprint density at radius 2 is 1.85 bits per heavy atom. The van der Waals surface area contributed by atoms with Crippen molar-refractivity contribution in [1.29, 1.82) is 0 Å². The van der Waals surface area contributed by atoms with Crippen molar-refractivity contribution in [2.24, 2.45) is 0 Å². The predicted molar refractivity (Wildman–Crippen MR) is 82.7 cm³/mol. The first kappa shape index (κ1) is 15.2. The summed E-state index contributed by atoms with van der Waals surface area (Å²) in [5, 5.41) is 9.49. The zero-order valence-corrected chi connectivity index (χ0v) is 13.3. The molecular weight excluding hydrogens is 364 g/mol. The molecule has 0 fully saturated rings. The van der Waals surface area contributed by atoms with Gasteiger partial charge in [-0.2, -0.15) is 0 Å². The molecule has 1 unspecified atom stereocenters. The van der Waals surface area contributed by atoms with E-state index in [1.165, 1.54) is 12.1 Å². The maximum Gasteiger partial charge on any atom is 0.335 e. The van der Waals surface area contributed by atoms with E-state index in [2.05, 4.69) is 15.9 Å². The van der Waals surface area contributed by atoms with Gasteiger partial charge in [-0.3, -0.25) is 4.21 Å². The van der Waals surface area contributed by atoms with Crippen LogP contribution in [0.1, 0.15) is 15.9 Å². The first-order chi connectivity index (χ1) is 9.47. The lowest BCUT2D eigenvalue weighted by atomic mass is 10.1. The van der Waals surface area contributed by atoms with Crippen LogP contribution in [0.2, 0.25) is 5.02 Å². The number of carboxylic acid groups (broad SMARTS) is 1. The summed E-state index contributed by atoms with van der Waals surface area (Å²) in [5.41, 5.74) is 0.987. The van der Waals surface area contributed by atoms with Crippen LogP contribution in [0.5, 0.6) is 0 Å². The van der Waals surface area contributed by atoms with Crippen molar-refractivity contribution < 1.29 is 14.1 Å². The molecule has 0 aliphatic rings. The summed E-state index contributed by atoms with van der Waals surface area (Å²) < 4.78 is 12.9. The fraction of sp³-hybridized carbons (Fsp3) is 0.0714. The molecule has 20 heavy (non-hydrogen) atoms. The number of halogens is 2. The zero-order valence-electron chi connectivity index (χ0n) is 10.2. The van der Waals surface area contributed by atoms with E-state index in [0.717, 1.165) is 5.56 Å². The summed E-state index contributed by atoms with van der Waals surface area (Å²) in [6.45, 7) is 0. The average molecular weight is 374 g/mol. The largest absolute Gasteiger partial charge is 0.478 e. The molecule has 104 valence electrons. The van der Waals surface area contributed by atoms with Crippen molar-refractivity contribution in [3.05, 3.63) is 63.1 Å². The van der Waals surface area contributed by atoms with Crippen molar-refractivity contribution in [2.75, 3.05) is 0 Å². The Morgan fingerprint density at radius 1 is 1.20 bits per heavy atom. The Labute approximate surface area is 132 Å². The highest BCUT2D eigenvalue weighted by Crippen LogP contribution is 2.23. The third-order valence-corrected chi connectivity index (χ3v) is 5.02. The molecule has 0 heterocycles. The lowest BCUT2D eigenvalue weighted by Crippen LogP contribution is -2.00. The summed E-state index contributed by atoms with van der Waals surface area (Å²) in [6, 6.07) is 11.5. The quantitative estimate of drug-likeness (QED) is 0.877. The molecule has 0 aromatic heterocycles. The maximum atomic E-state index is 12.2. The number of rotatable bonds is 4. The van der Waals surface area contributed by atoms with Crippen LogP contribution in [-0.4, -0.2) is 15.3 Å². The summed E-state index contributed by atoms with van der Waals surface area (Å²) in [5.74, 6) is -0.682. The molecule has 0 amide bonds. The molecule has 3 nitrogen and oxygen atoms in total. The number of carboxylic acids is 1. The Balaban J connectivity index is 2.19. The van der Waals surface area contributed by atoms with Crippen molar-refractivity contribution in [3.63, 3.8) is 0 Å². The minimum atomic E-state index is -1.21. The third-order valence-electron chi connectivity index (χ3n) is 2.66. The van der Waals surface area contributed by atoms with Gasteiger partial charge in [0.2, 0.25) is 0 Å². The molecule has 6 heteroatoms. The molecule has 0 bridgehead atoms. The van der Waals surface area contributed by atoms with Crippen LogP contribution in [-0.2, 0) is 16.6 Å². The molecule has 0 spiro atoms. The number of benzene rings is 2. The monoisotopic (exact) mass is 372 g/mol. The van der Waals surface area contributed by atoms with Gasteiger partial charge in [-0.05, 0) is 42.0 Å². The lowest BCUT2D eigenvalue weighted by molar-refractivity contribution is 0.0697. The predicted octanol–water partition coefficient (Wildman–Crippen LogP) is 4.11. The van der Waals surface area contributed by atoms with Gasteiger partial charge in [0.1, 0.15) is 0 Å². The van der Waals surface area contributed by atoms with E-state index >= 15 is 0 Å². The normalized spacial score (nSPS) is 12.1. The average Bonchev–Trinajstić information content (AvgIpc) is 2.41. The maximum absolute atomic E-state index is 12.2. The summed E-state index contributed by atoms with van der Waals surface area (Å²) >= 11 is 9.10. The van der Waals surface area contributed by atoms with E-state index in [9.17, 15) is 9.00 Å². The van der Waals surface area contributed by atoms with E-state index in [-0.39, 0.29) is 5.56 Å². The van der Waals surface area contributed by atoms with Crippen molar-refractivity contribution in [1.82, 2.24) is 0 Å². The fourth-order valence-corrected chi connectivity index (χ4v) is 3.58. The number of hydrogen-bond donors (Lipinski definition) is 1. The first-order valence-electron chi connectivity index (χ1n) is 5.63. The highest BCUT2D eigenvalue weighted by atomic mass is 79.9. The van der Waals surface area contributed by atoms with Crippen LogP contribution >= 0.6 is 27.5 Å². The zero-order chi connectivity index (χ0) is 14.7. The second-order valence-corrected chi connectivity index (χ2v) is 6.80. The molecule has 0 aliphatic heterocycles. The van der Waals surface area contributed by atoms with Crippen LogP contribution < -0.4 is 0 Å². The van der Waals surface area contributed by atoms with Gasteiger partial charge in [0.15, 0.2) is 0 Å². The summed E-state index contributed by atoms with van der Waals surface area (Å²) in [7, 11) is -1.21. The number of aromatic carboxylic acids is 1. The van der Waals surface area contributed by atoms with Crippen LogP contribution in [0, 0.1) is 0 Å². The van der Waals surface area contributed by atoms with Crippen LogP contribution in [0.15, 0.2) is 51.8 Å². The van der Waals surface area contributed by atoms with Crippen molar-refractivity contribution >= 4 is 44.3 Å². The van der Waals surface area contributed by atoms with Gasteiger partial charge in [-0.25, -0.2) is 4.79 Å². The standard InChI is InChI=1S/C14H10BrClO3S/c15-13-7-9(14(17)18)1-2-10(13)8-20(19)12-5-3-11(16)4-6-12/h1-7H,8H2,(H,17,18). The first-order valence-corrected chi connectivity index (χ1v) is 8.12. The van der Waals surface area contributed by atoms with E-state index in [1.807, 2.05) is 0 Å². The molecule has 0 radical (unpaired) electrons. The SMILES string of the molecule is O=C(O)c1ccc(CS(=O)c2ccc(Cl)cc2)c(Br)c1. The molecular formula is C14H10BrClO3S. The lowest BCUT2D eigenvalue weighted by Gasteiger charge is -2.06. The molecule has 2 aromatic rings. The van der Waals surface area contributed by atoms with E-state index in [1.54, 1.807) is 30.3 Å². The molecule has 0 saturated heterocycles. The highest BCUT2D eigenvalue weighted by Gasteiger charge is 2.10. The van der Waals surface area contributed by atoms with Gasteiger partial charge in [0.25, 0.3) is 0 Å². The minimum absolute atomic E-state index is 0.193. The molecule has 1 atom stereocenters. The number of carbonyl (C=O) groups is 1. The summed E-state index contributed by atoms with van der Waals surface area (Å²) in [6.07, 6.45) is 0. The molecule has 0 aliphatic carbocycles. The number of hydrogen-bond acceptors (Lipinski definition) is 2. The van der Waals surface area contributed by atoms with Gasteiger partial charge < -0.3 is 5.11 Å². The van der Waals surface area contributed by atoms with Gasteiger partial charge >= 0.3 is 5.97 Å². The van der Waals surface area contributed by atoms with Gasteiger partial charge in [0.05, 0.1) is 22.1 Å². The second kappa shape index (κ2) is 6.52. The van der Waals surface area contributed by atoms with Crippen molar-refractivity contribution in [2.45, 2.75) is 10.6 Å². The van der Waals surface area contributed by atoms with E-state index in [0.29, 0.717) is 20.1 Å². The smallest absolute Gasteiger partial charge is 0.335 e. The molecule has 2 aromatic carbocycles. The Morgan fingerprint density at radius 3 is 2.40 bits per heavy atom. The molecule has 1 N–H and O–H groups in total. The second-order valence-electron chi connectivity index (χ2n) is 4.06. The van der Waals surface area contributed by atoms with Gasteiger partial charge in [-0.15, -0.1) is 0 Å². The van der Waals surface area contributed by atoms with Crippen LogP contribution in [0.4, 0.5) is 0 Å². The topological polar surface area (TPSA) is 54.4 Å². The highest BCUT2D eigenvalue weighted by molar-refractivity contribution is 9.10. The van der Waals surface area contributed by atoms with E-state index in [4.69, 9.17) is 16.7 Å². The van der Waals surface area contributed by atoms with Crippen LogP contribution in [0.3, 0.4) is 0 Å². The fourth-order valence-electron chi connectivity index (χ4n) is 1.61.